The van der Waals surface area contributed by atoms with Crippen LogP contribution in [0, 0.1) is 6.67 Å². The molecule has 2 unspecified atom stereocenters. The number of nitrogens with one attached hydrogen (secondary N) is 2. The van der Waals surface area contributed by atoms with Gasteiger partial charge in [0.2, 0.25) is 0 Å². The van der Waals surface area contributed by atoms with Crippen LogP contribution in [0.15, 0.2) is 23.8 Å². The number of fused-ring (bicyclic) bond motifs is 1. The molecule has 2 nitrogen and oxygen atoms in total. The van der Waals surface area contributed by atoms with E-state index >= 15 is 0 Å². The zero-order valence-corrected chi connectivity index (χ0v) is 6.59. The van der Waals surface area contributed by atoms with Crippen molar-refractivity contribution in [3.05, 3.63) is 30.5 Å². The minimum Gasteiger partial charge on any atom is -0.285 e. The van der Waals surface area contributed by atoms with Crippen LogP contribution in [0.25, 0.3) is 0 Å². The maximum atomic E-state index is 3.18. The lowest BCUT2D eigenvalue weighted by molar-refractivity contribution is 0.626. The molecule has 0 spiro atoms. The summed E-state index contributed by atoms with van der Waals surface area (Å²) in [6.07, 6.45) is 7.57. The number of hydrogen-bond donors (Lipinski definition) is 2. The average Bonchev–Trinajstić information content (AvgIpc) is 2.50. The van der Waals surface area contributed by atoms with Crippen LogP contribution in [-0.2, 0) is 0 Å². The molecule has 1 fully saturated rings. The summed E-state index contributed by atoms with van der Waals surface area (Å²) in [5.74, 6) is 0. The highest BCUT2D eigenvalue weighted by atomic mass is 15.2. The van der Waals surface area contributed by atoms with Crippen LogP contribution < -0.4 is 10.6 Å². The maximum Gasteiger partial charge on any atom is 0.141 e. The third-order valence-corrected chi connectivity index (χ3v) is 2.26. The second kappa shape index (κ2) is 2.80. The van der Waals surface area contributed by atoms with Gasteiger partial charge < -0.3 is 0 Å². The van der Waals surface area contributed by atoms with Gasteiger partial charge in [-0.15, -0.1) is 0 Å². The number of rotatable bonds is 1. The average molecular weight is 148 g/mol. The van der Waals surface area contributed by atoms with Crippen LogP contribution in [0.3, 0.4) is 0 Å². The minimum absolute atomic E-state index is 0.426. The molecule has 2 atom stereocenters. The van der Waals surface area contributed by atoms with Crippen LogP contribution >= 0.6 is 0 Å². The van der Waals surface area contributed by atoms with Gasteiger partial charge in [0.1, 0.15) is 6.67 Å². The second-order valence-electron chi connectivity index (χ2n) is 2.90. The van der Waals surface area contributed by atoms with Crippen molar-refractivity contribution in [1.82, 2.24) is 10.6 Å². The largest absolute Gasteiger partial charge is 0.285 e. The summed E-state index contributed by atoms with van der Waals surface area (Å²) in [4.78, 5) is 0. The van der Waals surface area contributed by atoms with Crippen molar-refractivity contribution in [1.29, 1.82) is 0 Å². The molecule has 58 valence electrons. The molecular formula is C9H12N2. The van der Waals surface area contributed by atoms with E-state index in [1.165, 1.54) is 5.57 Å². The van der Waals surface area contributed by atoms with Gasteiger partial charge in [-0.3, -0.25) is 10.6 Å². The van der Waals surface area contributed by atoms with Gasteiger partial charge in [-0.2, -0.15) is 0 Å². The van der Waals surface area contributed by atoms with Gasteiger partial charge in [-0.1, -0.05) is 30.7 Å². The first-order valence-electron chi connectivity index (χ1n) is 4.05. The molecule has 1 saturated heterocycles. The maximum absolute atomic E-state index is 3.18. The fourth-order valence-electron chi connectivity index (χ4n) is 1.60. The molecule has 1 aliphatic carbocycles. The molecule has 11 heavy (non-hydrogen) atoms. The van der Waals surface area contributed by atoms with E-state index in [0.717, 1.165) is 6.42 Å². The summed E-state index contributed by atoms with van der Waals surface area (Å²) in [7, 11) is 0. The zero-order valence-electron chi connectivity index (χ0n) is 6.59. The van der Waals surface area contributed by atoms with Crippen molar-refractivity contribution in [3.8, 4) is 0 Å². The Morgan fingerprint density at radius 2 is 2.45 bits per heavy atom. The lowest BCUT2D eigenvalue weighted by Gasteiger charge is -2.21. The molecule has 2 radical (unpaired) electrons. The molecule has 1 heterocycles. The third kappa shape index (κ3) is 1.12. The Balaban J connectivity index is 2.19. The lowest BCUT2D eigenvalue weighted by Crippen LogP contribution is -2.34. The van der Waals surface area contributed by atoms with Gasteiger partial charge in [0.15, 0.2) is 0 Å². The van der Waals surface area contributed by atoms with Crippen LogP contribution in [0.1, 0.15) is 13.3 Å². The van der Waals surface area contributed by atoms with E-state index in [4.69, 9.17) is 0 Å². The Labute approximate surface area is 67.4 Å². The lowest BCUT2D eigenvalue weighted by atomic mass is 9.94. The Morgan fingerprint density at radius 1 is 1.55 bits per heavy atom. The second-order valence-corrected chi connectivity index (χ2v) is 2.90. The predicted molar refractivity (Wildman–Crippen MR) is 44.6 cm³/mol. The van der Waals surface area contributed by atoms with Crippen molar-refractivity contribution >= 4 is 0 Å². The Morgan fingerprint density at radius 3 is 3.27 bits per heavy atom. The van der Waals surface area contributed by atoms with Crippen molar-refractivity contribution < 1.29 is 0 Å². The van der Waals surface area contributed by atoms with E-state index < -0.39 is 0 Å². The molecule has 2 rings (SSSR count). The highest BCUT2D eigenvalue weighted by molar-refractivity contribution is 5.30. The fraction of sp³-hybridized carbons (Fsp3) is 0.444. The fourth-order valence-corrected chi connectivity index (χ4v) is 1.60. The molecule has 2 N–H and O–H groups in total. The monoisotopic (exact) mass is 148 g/mol. The molecule has 0 bridgehead atoms. The number of hydrogen-bond acceptors (Lipinski definition) is 2. The predicted octanol–water partition coefficient (Wildman–Crippen LogP) is 0.819. The van der Waals surface area contributed by atoms with Gasteiger partial charge >= 0.3 is 0 Å². The van der Waals surface area contributed by atoms with Gasteiger partial charge in [0.25, 0.3) is 0 Å². The summed E-state index contributed by atoms with van der Waals surface area (Å²) in [6.45, 7) is 5.12. The van der Waals surface area contributed by atoms with Crippen molar-refractivity contribution in [2.24, 2.45) is 0 Å². The molecule has 0 aromatic carbocycles. The smallest absolute Gasteiger partial charge is 0.141 e. The van der Waals surface area contributed by atoms with E-state index in [0.29, 0.717) is 12.1 Å². The summed E-state index contributed by atoms with van der Waals surface area (Å²) < 4.78 is 0. The van der Waals surface area contributed by atoms with Crippen LogP contribution in [0.2, 0.25) is 0 Å². The standard InChI is InChI=1S/C9H12N2/c1-2-7-4-3-5-8-9(7)11-6-10-8/h3-5,8-11H,2H2,1H3. The van der Waals surface area contributed by atoms with E-state index in [9.17, 15) is 0 Å². The van der Waals surface area contributed by atoms with Gasteiger partial charge in [0.05, 0.1) is 0 Å². The van der Waals surface area contributed by atoms with E-state index in [1.807, 2.05) is 0 Å². The molecule has 0 amide bonds. The molecule has 0 aromatic heterocycles. The number of allylic oxidation sites excluding steroid dienone is 2. The first-order chi connectivity index (χ1) is 5.42. The van der Waals surface area contributed by atoms with Crippen LogP contribution in [-0.4, -0.2) is 12.1 Å². The Hall–Kier alpha value is -0.600. The van der Waals surface area contributed by atoms with Crippen molar-refractivity contribution in [2.45, 2.75) is 25.4 Å². The molecule has 0 saturated carbocycles. The molecule has 2 heteroatoms. The van der Waals surface area contributed by atoms with Gasteiger partial charge in [-0.25, -0.2) is 0 Å². The first-order valence-corrected chi connectivity index (χ1v) is 4.05. The quantitative estimate of drug-likeness (QED) is 0.575. The summed E-state index contributed by atoms with van der Waals surface area (Å²) >= 11 is 0. The van der Waals surface area contributed by atoms with Crippen LogP contribution in [0.4, 0.5) is 0 Å². The highest BCUT2D eigenvalue weighted by Gasteiger charge is 2.28. The summed E-state index contributed by atoms with van der Waals surface area (Å²) in [5, 5.41) is 6.31. The van der Waals surface area contributed by atoms with Crippen LogP contribution in [0.5, 0.6) is 0 Å². The van der Waals surface area contributed by atoms with E-state index in [2.05, 4.69) is 42.5 Å². The highest BCUT2D eigenvalue weighted by Crippen LogP contribution is 2.19. The SMILES string of the molecule is CCC1=CC=CC2N[C]NC12. The zero-order chi connectivity index (χ0) is 7.68. The molecule has 0 aromatic rings. The summed E-state index contributed by atoms with van der Waals surface area (Å²) in [6, 6.07) is 0.875. The van der Waals surface area contributed by atoms with E-state index in [-0.39, 0.29) is 0 Å². The van der Waals surface area contributed by atoms with E-state index in [1.54, 1.807) is 0 Å². The first kappa shape index (κ1) is 7.07. The molecular weight excluding hydrogens is 136 g/mol. The Kier molecular flexibility index (Phi) is 1.80. The topological polar surface area (TPSA) is 24.1 Å². The molecule has 1 aliphatic heterocycles. The summed E-state index contributed by atoms with van der Waals surface area (Å²) in [5.41, 5.74) is 1.45. The minimum atomic E-state index is 0.426. The van der Waals surface area contributed by atoms with Crippen molar-refractivity contribution in [3.63, 3.8) is 0 Å². The van der Waals surface area contributed by atoms with Crippen molar-refractivity contribution in [2.75, 3.05) is 0 Å². The van der Waals surface area contributed by atoms with Gasteiger partial charge in [0, 0.05) is 12.1 Å². The Bertz CT molecular complexity index is 206. The molecule has 2 aliphatic rings. The third-order valence-electron chi connectivity index (χ3n) is 2.26. The normalized spacial score (nSPS) is 35.2. The van der Waals surface area contributed by atoms with Gasteiger partial charge in [-0.05, 0) is 6.42 Å².